The number of thiophene rings is 1. The van der Waals surface area contributed by atoms with E-state index in [1.165, 1.54) is 22.5 Å². The van der Waals surface area contributed by atoms with Crippen molar-refractivity contribution in [3.05, 3.63) is 77.2 Å². The number of amides is 1. The molecule has 0 radical (unpaired) electrons. The quantitative estimate of drug-likeness (QED) is 0.458. The summed E-state index contributed by atoms with van der Waals surface area (Å²) < 4.78 is 11.0. The topological polar surface area (TPSA) is 64.6 Å². The smallest absolute Gasteiger partial charge is 0.407 e. The van der Waals surface area contributed by atoms with Crippen molar-refractivity contribution in [2.75, 3.05) is 6.61 Å². The van der Waals surface area contributed by atoms with Gasteiger partial charge in [-0.2, -0.15) is 0 Å². The van der Waals surface area contributed by atoms with Gasteiger partial charge in [-0.15, -0.1) is 11.3 Å². The van der Waals surface area contributed by atoms with Crippen LogP contribution < -0.4 is 10.1 Å². The van der Waals surface area contributed by atoms with Crippen LogP contribution in [-0.2, 0) is 9.53 Å². The standard InChI is InChI=1S/C25H25NO4S/c1-2-3-13-22(24(27)30-23-14-8-15-31-23)26-25(28)29-16-21-19-11-6-4-9-17(19)18-10-5-7-12-20(18)21/h4-12,14-15,21-22H,2-3,13,16H2,1H3,(H,26,28)/t22-/m0/s1. The maximum atomic E-state index is 12.6. The third-order valence-corrected chi connectivity index (χ3v) is 6.21. The average Bonchev–Trinajstić information content (AvgIpc) is 3.41. The minimum atomic E-state index is -0.738. The molecule has 1 amide bonds. The van der Waals surface area contributed by atoms with Crippen LogP contribution >= 0.6 is 11.3 Å². The number of nitrogens with one attached hydrogen (secondary N) is 1. The molecule has 0 saturated carbocycles. The van der Waals surface area contributed by atoms with Gasteiger partial charge in [0.25, 0.3) is 0 Å². The maximum absolute atomic E-state index is 12.6. The molecule has 1 heterocycles. The van der Waals surface area contributed by atoms with Gasteiger partial charge in [0.05, 0.1) is 0 Å². The summed E-state index contributed by atoms with van der Waals surface area (Å²) >= 11 is 1.34. The molecule has 3 aromatic rings. The Labute approximate surface area is 186 Å². The number of esters is 1. The zero-order valence-corrected chi connectivity index (χ0v) is 18.2. The summed E-state index contributed by atoms with van der Waals surface area (Å²) in [5.41, 5.74) is 4.65. The van der Waals surface area contributed by atoms with E-state index in [4.69, 9.17) is 9.47 Å². The lowest BCUT2D eigenvalue weighted by Crippen LogP contribution is -2.43. The summed E-state index contributed by atoms with van der Waals surface area (Å²) in [6, 6.07) is 19.2. The van der Waals surface area contributed by atoms with Crippen LogP contribution in [0.25, 0.3) is 11.1 Å². The van der Waals surface area contributed by atoms with Crippen molar-refractivity contribution in [2.45, 2.75) is 38.1 Å². The van der Waals surface area contributed by atoms with E-state index in [1.807, 2.05) is 42.6 Å². The number of unbranched alkanes of at least 4 members (excludes halogenated alkanes) is 1. The Morgan fingerprint density at radius 1 is 1.00 bits per heavy atom. The minimum Gasteiger partial charge on any atom is -0.449 e. The van der Waals surface area contributed by atoms with E-state index in [0.29, 0.717) is 11.5 Å². The van der Waals surface area contributed by atoms with Crippen molar-refractivity contribution in [1.82, 2.24) is 5.32 Å². The molecule has 6 heteroatoms. The van der Waals surface area contributed by atoms with E-state index in [9.17, 15) is 9.59 Å². The van der Waals surface area contributed by atoms with E-state index in [1.54, 1.807) is 6.07 Å². The Kier molecular flexibility index (Phi) is 6.67. The van der Waals surface area contributed by atoms with Gasteiger partial charge in [-0.3, -0.25) is 0 Å². The highest BCUT2D eigenvalue weighted by atomic mass is 32.1. The number of hydrogen-bond donors (Lipinski definition) is 1. The van der Waals surface area contributed by atoms with Crippen LogP contribution in [0.5, 0.6) is 5.06 Å². The Balaban J connectivity index is 1.41. The Morgan fingerprint density at radius 3 is 2.29 bits per heavy atom. The van der Waals surface area contributed by atoms with Crippen molar-refractivity contribution in [2.24, 2.45) is 0 Å². The first kappa shape index (κ1) is 21.1. The molecule has 1 N–H and O–H groups in total. The first-order chi connectivity index (χ1) is 15.2. The Morgan fingerprint density at radius 2 is 1.68 bits per heavy atom. The van der Waals surface area contributed by atoms with Gasteiger partial charge in [-0.05, 0) is 46.2 Å². The normalized spacial score (nSPS) is 13.2. The molecule has 0 spiro atoms. The molecule has 5 nitrogen and oxygen atoms in total. The predicted octanol–water partition coefficient (Wildman–Crippen LogP) is 5.75. The summed E-state index contributed by atoms with van der Waals surface area (Å²) in [6.45, 7) is 2.25. The van der Waals surface area contributed by atoms with Crippen LogP contribution in [0.3, 0.4) is 0 Å². The summed E-state index contributed by atoms with van der Waals surface area (Å²) in [6.07, 6.45) is 1.61. The average molecular weight is 436 g/mol. The Hall–Kier alpha value is -3.12. The molecule has 160 valence electrons. The highest BCUT2D eigenvalue weighted by Gasteiger charge is 2.30. The van der Waals surface area contributed by atoms with E-state index in [2.05, 4.69) is 29.6 Å². The molecular formula is C25H25NO4S. The summed E-state index contributed by atoms with van der Waals surface area (Å²) in [7, 11) is 0. The zero-order valence-electron chi connectivity index (χ0n) is 17.4. The molecule has 31 heavy (non-hydrogen) atoms. The van der Waals surface area contributed by atoms with Gasteiger partial charge < -0.3 is 14.8 Å². The number of ether oxygens (including phenoxy) is 2. The van der Waals surface area contributed by atoms with Crippen molar-refractivity contribution in [1.29, 1.82) is 0 Å². The molecule has 0 fully saturated rings. The minimum absolute atomic E-state index is 0.0229. The number of rotatable bonds is 8. The van der Waals surface area contributed by atoms with Gasteiger partial charge in [0.1, 0.15) is 12.6 Å². The van der Waals surface area contributed by atoms with Crippen LogP contribution in [0.15, 0.2) is 66.0 Å². The molecule has 1 atom stereocenters. The molecule has 0 saturated heterocycles. The zero-order chi connectivity index (χ0) is 21.6. The van der Waals surface area contributed by atoms with Gasteiger partial charge in [0.2, 0.25) is 0 Å². The molecule has 1 aliphatic rings. The number of alkyl carbamates (subject to hydrolysis) is 1. The van der Waals surface area contributed by atoms with Crippen LogP contribution in [0.4, 0.5) is 4.79 Å². The van der Waals surface area contributed by atoms with Crippen molar-refractivity contribution < 1.29 is 19.1 Å². The van der Waals surface area contributed by atoms with E-state index in [0.717, 1.165) is 24.0 Å². The number of carbonyl (C=O) groups excluding carboxylic acids is 2. The van der Waals surface area contributed by atoms with Gasteiger partial charge in [0, 0.05) is 5.92 Å². The molecular weight excluding hydrogens is 410 g/mol. The molecule has 0 aliphatic heterocycles. The lowest BCUT2D eigenvalue weighted by molar-refractivity contribution is -0.136. The van der Waals surface area contributed by atoms with Crippen molar-refractivity contribution >= 4 is 23.4 Å². The SMILES string of the molecule is CCCC[C@H](NC(=O)OCC1c2ccccc2-c2ccccc21)C(=O)Oc1cccs1. The molecule has 0 unspecified atom stereocenters. The predicted molar refractivity (Wildman–Crippen MR) is 121 cm³/mol. The fourth-order valence-electron chi connectivity index (χ4n) is 3.93. The number of hydrogen-bond acceptors (Lipinski definition) is 5. The second-order valence-corrected chi connectivity index (χ2v) is 8.43. The highest BCUT2D eigenvalue weighted by Crippen LogP contribution is 2.44. The van der Waals surface area contributed by atoms with Crippen molar-refractivity contribution in [3.8, 4) is 16.2 Å². The number of carbonyl (C=O) groups is 2. The molecule has 2 aromatic carbocycles. The lowest BCUT2D eigenvalue weighted by atomic mass is 9.98. The second-order valence-electron chi connectivity index (χ2n) is 7.52. The monoisotopic (exact) mass is 435 g/mol. The van der Waals surface area contributed by atoms with Gasteiger partial charge in [-0.1, -0.05) is 68.3 Å². The van der Waals surface area contributed by atoms with E-state index in [-0.39, 0.29) is 12.5 Å². The van der Waals surface area contributed by atoms with Crippen LogP contribution in [-0.4, -0.2) is 24.7 Å². The van der Waals surface area contributed by atoms with Crippen LogP contribution in [0.1, 0.15) is 43.2 Å². The highest BCUT2D eigenvalue weighted by molar-refractivity contribution is 7.11. The fourth-order valence-corrected chi connectivity index (χ4v) is 4.51. The van der Waals surface area contributed by atoms with Gasteiger partial charge in [-0.25, -0.2) is 9.59 Å². The van der Waals surface area contributed by atoms with Gasteiger partial charge >= 0.3 is 12.1 Å². The van der Waals surface area contributed by atoms with Crippen LogP contribution in [0, 0.1) is 0 Å². The van der Waals surface area contributed by atoms with E-state index >= 15 is 0 Å². The molecule has 1 aliphatic carbocycles. The number of fused-ring (bicyclic) bond motifs is 3. The fraction of sp³-hybridized carbons (Fsp3) is 0.280. The van der Waals surface area contributed by atoms with Crippen LogP contribution in [0.2, 0.25) is 0 Å². The van der Waals surface area contributed by atoms with Crippen molar-refractivity contribution in [3.63, 3.8) is 0 Å². The molecule has 4 rings (SSSR count). The maximum Gasteiger partial charge on any atom is 0.407 e. The Bertz CT molecular complexity index is 1000. The second kappa shape index (κ2) is 9.79. The largest absolute Gasteiger partial charge is 0.449 e. The molecule has 0 bridgehead atoms. The summed E-state index contributed by atoms with van der Waals surface area (Å²) in [4.78, 5) is 25.1. The summed E-state index contributed by atoms with van der Waals surface area (Å²) in [5, 5.41) is 5.06. The lowest BCUT2D eigenvalue weighted by Gasteiger charge is -2.18. The van der Waals surface area contributed by atoms with Gasteiger partial charge in [0.15, 0.2) is 5.06 Å². The number of benzene rings is 2. The molecule has 1 aromatic heterocycles. The summed E-state index contributed by atoms with van der Waals surface area (Å²) in [5.74, 6) is -0.491. The first-order valence-electron chi connectivity index (χ1n) is 10.5. The third-order valence-electron chi connectivity index (χ3n) is 5.46. The first-order valence-corrected chi connectivity index (χ1v) is 11.4. The third kappa shape index (κ3) is 4.80. The van der Waals surface area contributed by atoms with E-state index < -0.39 is 18.1 Å².